The van der Waals surface area contributed by atoms with Gasteiger partial charge in [0.25, 0.3) is 11.6 Å². The van der Waals surface area contributed by atoms with Gasteiger partial charge < -0.3 is 4.57 Å². The Morgan fingerprint density at radius 1 is 1.18 bits per heavy atom. The van der Waals surface area contributed by atoms with E-state index in [4.69, 9.17) is 0 Å². The average molecular weight is 415 g/mol. The number of hydrogen-bond acceptors (Lipinski definition) is 5. The smallest absolute Gasteiger partial charge is 0.289 e. The number of thiophene rings is 1. The third-order valence-electron chi connectivity index (χ3n) is 4.21. The second-order valence-corrected chi connectivity index (χ2v) is 8.25. The second-order valence-electron chi connectivity index (χ2n) is 6.16. The largest absolute Gasteiger partial charge is 0.316 e. The number of aryl methyl sites for hydroxylation is 1. The molecule has 0 saturated heterocycles. The molecule has 0 radical (unpaired) electrons. The SMILES string of the molecule is CCCn1c(=NC(=O)c2cc3cc([N+](=O)[O-])ccc3s2)sc2cc(F)ccc21. The molecule has 6 nitrogen and oxygen atoms in total. The maximum atomic E-state index is 13.6. The lowest BCUT2D eigenvalue weighted by molar-refractivity contribution is -0.384. The number of rotatable bonds is 4. The van der Waals surface area contributed by atoms with E-state index in [-0.39, 0.29) is 11.5 Å². The van der Waals surface area contributed by atoms with E-state index in [1.54, 1.807) is 18.2 Å². The van der Waals surface area contributed by atoms with Crippen LogP contribution in [0.1, 0.15) is 23.0 Å². The number of hydrogen-bond donors (Lipinski definition) is 0. The number of nitro groups is 1. The molecule has 4 aromatic rings. The van der Waals surface area contributed by atoms with Crippen molar-refractivity contribution < 1.29 is 14.1 Å². The molecule has 0 aliphatic rings. The van der Waals surface area contributed by atoms with Crippen LogP contribution in [-0.2, 0) is 6.54 Å². The molecular formula is C19H14FN3O3S2. The van der Waals surface area contributed by atoms with E-state index >= 15 is 0 Å². The minimum atomic E-state index is -0.465. The van der Waals surface area contributed by atoms with E-state index in [1.807, 2.05) is 11.5 Å². The summed E-state index contributed by atoms with van der Waals surface area (Å²) in [4.78, 5) is 28.4. The molecule has 9 heteroatoms. The van der Waals surface area contributed by atoms with Crippen molar-refractivity contribution in [3.05, 3.63) is 68.1 Å². The van der Waals surface area contributed by atoms with Crippen LogP contribution in [0.2, 0.25) is 0 Å². The van der Waals surface area contributed by atoms with Crippen molar-refractivity contribution in [2.24, 2.45) is 4.99 Å². The van der Waals surface area contributed by atoms with Crippen molar-refractivity contribution in [3.63, 3.8) is 0 Å². The molecule has 0 aliphatic carbocycles. The Morgan fingerprint density at radius 3 is 2.75 bits per heavy atom. The van der Waals surface area contributed by atoms with Crippen LogP contribution in [0.25, 0.3) is 20.3 Å². The van der Waals surface area contributed by atoms with Crippen LogP contribution < -0.4 is 4.80 Å². The number of halogens is 1. The van der Waals surface area contributed by atoms with E-state index < -0.39 is 10.8 Å². The molecule has 2 aromatic carbocycles. The Morgan fingerprint density at radius 2 is 2.00 bits per heavy atom. The van der Waals surface area contributed by atoms with Gasteiger partial charge >= 0.3 is 0 Å². The van der Waals surface area contributed by atoms with Gasteiger partial charge in [0.1, 0.15) is 5.82 Å². The zero-order chi connectivity index (χ0) is 19.8. The Labute approximate surface area is 166 Å². The molecule has 0 aliphatic heterocycles. The number of nitrogens with zero attached hydrogens (tertiary/aromatic N) is 3. The minimum absolute atomic E-state index is 0.0199. The molecule has 2 heterocycles. The van der Waals surface area contributed by atoms with Crippen molar-refractivity contribution in [2.75, 3.05) is 0 Å². The first-order valence-corrected chi connectivity index (χ1v) is 10.2. The van der Waals surface area contributed by atoms with Gasteiger partial charge in [-0.1, -0.05) is 18.3 Å². The zero-order valence-corrected chi connectivity index (χ0v) is 16.3. The Hall–Kier alpha value is -2.91. The van der Waals surface area contributed by atoms with Crippen molar-refractivity contribution in [1.29, 1.82) is 0 Å². The van der Waals surface area contributed by atoms with E-state index in [0.717, 1.165) is 21.3 Å². The van der Waals surface area contributed by atoms with Gasteiger partial charge in [-0.05, 0) is 36.8 Å². The highest BCUT2D eigenvalue weighted by atomic mass is 32.1. The summed E-state index contributed by atoms with van der Waals surface area (Å²) >= 11 is 2.51. The minimum Gasteiger partial charge on any atom is -0.316 e. The number of carbonyl (C=O) groups excluding carboxylic acids is 1. The van der Waals surface area contributed by atoms with Crippen molar-refractivity contribution in [3.8, 4) is 0 Å². The number of nitro benzene ring substituents is 1. The van der Waals surface area contributed by atoms with Crippen LogP contribution in [0, 0.1) is 15.9 Å². The summed E-state index contributed by atoms with van der Waals surface area (Å²) in [5.41, 5.74) is 0.820. The van der Waals surface area contributed by atoms with Crippen molar-refractivity contribution in [2.45, 2.75) is 19.9 Å². The molecule has 2 aromatic heterocycles. The number of benzene rings is 2. The monoisotopic (exact) mass is 415 g/mol. The first-order chi connectivity index (χ1) is 13.5. The van der Waals surface area contributed by atoms with E-state index in [2.05, 4.69) is 4.99 Å². The molecule has 1 amide bonds. The van der Waals surface area contributed by atoms with Crippen LogP contribution in [0.5, 0.6) is 0 Å². The molecule has 0 fully saturated rings. The molecule has 0 atom stereocenters. The topological polar surface area (TPSA) is 77.5 Å². The van der Waals surface area contributed by atoms with Crippen LogP contribution >= 0.6 is 22.7 Å². The van der Waals surface area contributed by atoms with E-state index in [0.29, 0.717) is 21.6 Å². The van der Waals surface area contributed by atoms with Gasteiger partial charge in [-0.15, -0.1) is 11.3 Å². The lowest BCUT2D eigenvalue weighted by Gasteiger charge is -2.02. The highest BCUT2D eigenvalue weighted by molar-refractivity contribution is 7.21. The number of aromatic nitrogens is 1. The fourth-order valence-corrected chi connectivity index (χ4v) is 4.97. The quantitative estimate of drug-likeness (QED) is 0.343. The Balaban J connectivity index is 1.80. The molecule has 4 rings (SSSR count). The number of thiazole rings is 1. The number of carbonyl (C=O) groups is 1. The van der Waals surface area contributed by atoms with Crippen LogP contribution in [0.15, 0.2) is 47.5 Å². The summed E-state index contributed by atoms with van der Waals surface area (Å²) in [6.07, 6.45) is 0.844. The predicted molar refractivity (Wildman–Crippen MR) is 108 cm³/mol. The number of amides is 1. The first kappa shape index (κ1) is 18.5. The summed E-state index contributed by atoms with van der Waals surface area (Å²) in [7, 11) is 0. The molecule has 28 heavy (non-hydrogen) atoms. The summed E-state index contributed by atoms with van der Waals surface area (Å²) in [5, 5.41) is 11.6. The van der Waals surface area contributed by atoms with Gasteiger partial charge in [0.2, 0.25) is 0 Å². The van der Waals surface area contributed by atoms with E-state index in [1.165, 1.54) is 46.9 Å². The summed E-state index contributed by atoms with van der Waals surface area (Å²) in [6.45, 7) is 2.68. The fraction of sp³-hybridized carbons (Fsp3) is 0.158. The average Bonchev–Trinajstić information content (AvgIpc) is 3.22. The lowest BCUT2D eigenvalue weighted by atomic mass is 10.2. The highest BCUT2D eigenvalue weighted by Crippen LogP contribution is 2.29. The van der Waals surface area contributed by atoms with Gasteiger partial charge in [0.15, 0.2) is 4.80 Å². The summed E-state index contributed by atoms with van der Waals surface area (Å²) in [5.74, 6) is -0.748. The number of fused-ring (bicyclic) bond motifs is 2. The summed E-state index contributed by atoms with van der Waals surface area (Å²) in [6, 6.07) is 10.6. The fourth-order valence-electron chi connectivity index (χ4n) is 2.96. The van der Waals surface area contributed by atoms with Crippen molar-refractivity contribution >= 4 is 54.6 Å². The maximum absolute atomic E-state index is 13.6. The molecule has 0 saturated carbocycles. The Bertz CT molecular complexity index is 1300. The molecule has 0 spiro atoms. The van der Waals surface area contributed by atoms with Crippen LogP contribution in [-0.4, -0.2) is 15.4 Å². The Kier molecular flexibility index (Phi) is 4.78. The standard InChI is InChI=1S/C19H14FN3O3S2/c1-2-7-22-14-5-3-12(20)10-16(14)28-19(22)21-18(24)17-9-11-8-13(23(25)26)4-6-15(11)27-17/h3-6,8-10H,2,7H2,1H3. The van der Waals surface area contributed by atoms with Gasteiger partial charge in [0.05, 0.1) is 20.0 Å². The molecular weight excluding hydrogens is 401 g/mol. The van der Waals surface area contributed by atoms with Gasteiger partial charge in [0, 0.05) is 28.8 Å². The van der Waals surface area contributed by atoms with E-state index in [9.17, 15) is 19.3 Å². The maximum Gasteiger partial charge on any atom is 0.289 e. The molecule has 0 bridgehead atoms. The van der Waals surface area contributed by atoms with Gasteiger partial charge in [-0.2, -0.15) is 4.99 Å². The first-order valence-electron chi connectivity index (χ1n) is 8.52. The van der Waals surface area contributed by atoms with Gasteiger partial charge in [-0.25, -0.2) is 4.39 Å². The lowest BCUT2D eigenvalue weighted by Crippen LogP contribution is -2.16. The number of non-ortho nitro benzene ring substituents is 1. The third-order valence-corrected chi connectivity index (χ3v) is 6.36. The molecule has 0 N–H and O–H groups in total. The molecule has 0 unspecified atom stereocenters. The predicted octanol–water partition coefficient (Wildman–Crippen LogP) is 5.12. The van der Waals surface area contributed by atoms with Crippen molar-refractivity contribution in [1.82, 2.24) is 4.57 Å². The van der Waals surface area contributed by atoms with Gasteiger partial charge in [-0.3, -0.25) is 14.9 Å². The second kappa shape index (κ2) is 7.25. The highest BCUT2D eigenvalue weighted by Gasteiger charge is 2.14. The third kappa shape index (κ3) is 3.34. The normalized spacial score (nSPS) is 12.1. The van der Waals surface area contributed by atoms with Crippen LogP contribution in [0.3, 0.4) is 0 Å². The molecule has 142 valence electrons. The van der Waals surface area contributed by atoms with Crippen LogP contribution in [0.4, 0.5) is 10.1 Å². The summed E-state index contributed by atoms with van der Waals surface area (Å²) < 4.78 is 17.0. The zero-order valence-electron chi connectivity index (χ0n) is 14.7.